The molecule has 2 aliphatic rings. The third-order valence-corrected chi connectivity index (χ3v) is 7.03. The van der Waals surface area contributed by atoms with Gasteiger partial charge in [0, 0.05) is 63.1 Å². The number of anilines is 1. The van der Waals surface area contributed by atoms with Gasteiger partial charge in [-0.3, -0.25) is 14.8 Å². The molecule has 0 spiro atoms. The number of aromatic nitrogens is 1. The summed E-state index contributed by atoms with van der Waals surface area (Å²) in [6.45, 7) is 7.28. The summed E-state index contributed by atoms with van der Waals surface area (Å²) >= 11 is 0. The van der Waals surface area contributed by atoms with Crippen LogP contribution in [0.1, 0.15) is 16.7 Å². The van der Waals surface area contributed by atoms with Gasteiger partial charge in [0.05, 0.1) is 11.6 Å². The first-order valence-electron chi connectivity index (χ1n) is 12.0. The van der Waals surface area contributed by atoms with Crippen LogP contribution < -0.4 is 4.90 Å². The van der Waals surface area contributed by atoms with Crippen LogP contribution >= 0.6 is 0 Å². The van der Waals surface area contributed by atoms with E-state index in [1.165, 1.54) is 27.8 Å². The number of fused-ring (bicyclic) bond motifs is 4. The quantitative estimate of drug-likeness (QED) is 0.454. The van der Waals surface area contributed by atoms with Gasteiger partial charge < -0.3 is 4.90 Å². The van der Waals surface area contributed by atoms with Gasteiger partial charge in [-0.05, 0) is 34.9 Å². The van der Waals surface area contributed by atoms with E-state index in [0.717, 1.165) is 51.3 Å². The molecule has 4 nitrogen and oxygen atoms in total. The van der Waals surface area contributed by atoms with E-state index < -0.39 is 0 Å². The summed E-state index contributed by atoms with van der Waals surface area (Å²) in [6, 6.07) is 31.1. The molecule has 0 saturated carbocycles. The van der Waals surface area contributed by atoms with E-state index in [-0.39, 0.29) is 0 Å². The highest BCUT2D eigenvalue weighted by atomic mass is 15.3. The van der Waals surface area contributed by atoms with E-state index in [4.69, 9.17) is 4.98 Å². The van der Waals surface area contributed by atoms with Crippen LogP contribution in [0.5, 0.6) is 0 Å². The fourth-order valence-electron chi connectivity index (χ4n) is 5.49. The number of rotatable bonds is 4. The molecule has 1 atom stereocenters. The van der Waals surface area contributed by atoms with E-state index >= 15 is 0 Å². The van der Waals surface area contributed by atoms with Gasteiger partial charge in [0.2, 0.25) is 0 Å². The lowest BCUT2D eigenvalue weighted by atomic mass is 10.1. The molecule has 1 fully saturated rings. The predicted molar refractivity (Wildman–Crippen MR) is 135 cm³/mol. The van der Waals surface area contributed by atoms with Crippen molar-refractivity contribution in [3.05, 3.63) is 108 Å². The molecule has 33 heavy (non-hydrogen) atoms. The minimum atomic E-state index is 0.486. The Hall–Kier alpha value is -3.21. The molecule has 4 heteroatoms. The number of nitrogens with zero attached hydrogens (tertiary/aromatic N) is 4. The van der Waals surface area contributed by atoms with Crippen LogP contribution in [-0.4, -0.2) is 47.0 Å². The fourth-order valence-corrected chi connectivity index (χ4v) is 5.49. The highest BCUT2D eigenvalue weighted by molar-refractivity contribution is 5.78. The molecule has 0 aliphatic carbocycles. The average molecular weight is 435 g/mol. The zero-order valence-electron chi connectivity index (χ0n) is 19.0. The Bertz CT molecular complexity index is 1240. The van der Waals surface area contributed by atoms with Gasteiger partial charge in [-0.2, -0.15) is 0 Å². The first-order valence-corrected chi connectivity index (χ1v) is 12.0. The summed E-state index contributed by atoms with van der Waals surface area (Å²) in [6.07, 6.45) is 2.06. The third-order valence-electron chi connectivity index (χ3n) is 7.03. The van der Waals surface area contributed by atoms with E-state index in [9.17, 15) is 0 Å². The predicted octanol–water partition coefficient (Wildman–Crippen LogP) is 4.94. The van der Waals surface area contributed by atoms with Crippen LogP contribution in [0.15, 0.2) is 91.1 Å². The second-order valence-corrected chi connectivity index (χ2v) is 9.40. The molecular weight excluding hydrogens is 404 g/mol. The maximum Gasteiger partial charge on any atom is 0.0702 e. The van der Waals surface area contributed by atoms with Crippen LogP contribution in [0.4, 0.5) is 5.69 Å². The van der Waals surface area contributed by atoms with Crippen LogP contribution in [0.3, 0.4) is 0 Å². The second kappa shape index (κ2) is 8.97. The lowest BCUT2D eigenvalue weighted by molar-refractivity contribution is 0.172. The van der Waals surface area contributed by atoms with E-state index in [2.05, 4.69) is 106 Å². The monoisotopic (exact) mass is 434 g/mol. The summed E-state index contributed by atoms with van der Waals surface area (Å²) in [5.41, 5.74) is 6.61. The smallest absolute Gasteiger partial charge is 0.0702 e. The van der Waals surface area contributed by atoms with Crippen molar-refractivity contribution in [2.45, 2.75) is 25.7 Å². The Balaban J connectivity index is 1.25. The highest BCUT2D eigenvalue weighted by Gasteiger charge is 2.32. The second-order valence-electron chi connectivity index (χ2n) is 9.40. The van der Waals surface area contributed by atoms with Gasteiger partial charge in [0.1, 0.15) is 0 Å². The van der Waals surface area contributed by atoms with Crippen LogP contribution in [-0.2, 0) is 19.6 Å². The first kappa shape index (κ1) is 20.4. The molecule has 0 N–H and O–H groups in total. The molecule has 0 amide bonds. The Kier molecular flexibility index (Phi) is 5.54. The van der Waals surface area contributed by atoms with Crippen molar-refractivity contribution >= 4 is 16.6 Å². The molecule has 3 aromatic carbocycles. The number of hydrogen-bond donors (Lipinski definition) is 0. The van der Waals surface area contributed by atoms with Gasteiger partial charge in [-0.1, -0.05) is 66.7 Å². The lowest BCUT2D eigenvalue weighted by Crippen LogP contribution is -2.55. The molecule has 6 rings (SSSR count). The minimum Gasteiger partial charge on any atom is -0.364 e. The van der Waals surface area contributed by atoms with Crippen molar-refractivity contribution in [1.29, 1.82) is 0 Å². The normalized spacial score (nSPS) is 19.2. The number of benzene rings is 3. The van der Waals surface area contributed by atoms with Crippen molar-refractivity contribution < 1.29 is 0 Å². The fraction of sp³-hybridized carbons (Fsp3) is 0.276. The Morgan fingerprint density at radius 2 is 1.48 bits per heavy atom. The van der Waals surface area contributed by atoms with E-state index in [1.807, 2.05) is 0 Å². The van der Waals surface area contributed by atoms with Crippen molar-refractivity contribution in [1.82, 2.24) is 14.8 Å². The first-order chi connectivity index (χ1) is 16.3. The number of pyridine rings is 1. The van der Waals surface area contributed by atoms with Crippen molar-refractivity contribution in [3.8, 4) is 0 Å². The van der Waals surface area contributed by atoms with Crippen LogP contribution in [0.2, 0.25) is 0 Å². The van der Waals surface area contributed by atoms with Crippen molar-refractivity contribution in [3.63, 3.8) is 0 Å². The SMILES string of the molecule is c1ccc(CN2CCN3c4ccccc4CN(Cc4cnc5ccccc5c4)CC3C2)cc1. The average Bonchev–Trinajstić information content (AvgIpc) is 3.00. The molecule has 3 heterocycles. The number of piperazine rings is 1. The molecule has 1 saturated heterocycles. The Morgan fingerprint density at radius 1 is 0.727 bits per heavy atom. The highest BCUT2D eigenvalue weighted by Crippen LogP contribution is 2.31. The van der Waals surface area contributed by atoms with Crippen molar-refractivity contribution in [2.24, 2.45) is 0 Å². The van der Waals surface area contributed by atoms with Crippen molar-refractivity contribution in [2.75, 3.05) is 31.1 Å². The lowest BCUT2D eigenvalue weighted by Gasteiger charge is -2.43. The number of para-hydroxylation sites is 2. The van der Waals surface area contributed by atoms with Gasteiger partial charge in [0.15, 0.2) is 0 Å². The largest absolute Gasteiger partial charge is 0.364 e. The zero-order valence-corrected chi connectivity index (χ0v) is 19.0. The Labute approximate surface area is 196 Å². The zero-order chi connectivity index (χ0) is 22.0. The molecular formula is C29H30N4. The van der Waals surface area contributed by atoms with Crippen LogP contribution in [0.25, 0.3) is 10.9 Å². The molecule has 2 aliphatic heterocycles. The third kappa shape index (κ3) is 4.37. The van der Waals surface area contributed by atoms with Gasteiger partial charge in [0.25, 0.3) is 0 Å². The topological polar surface area (TPSA) is 22.6 Å². The van der Waals surface area contributed by atoms with Gasteiger partial charge in [-0.25, -0.2) is 0 Å². The molecule has 1 aromatic heterocycles. The minimum absolute atomic E-state index is 0.486. The summed E-state index contributed by atoms with van der Waals surface area (Å²) in [7, 11) is 0. The molecule has 0 bridgehead atoms. The standard InChI is InChI=1S/C29H30N4/c1-2-8-23(9-3-1)18-31-14-15-33-27(21-31)22-32(20-26-11-5-7-13-29(26)33)19-24-16-25-10-4-6-12-28(25)30-17-24/h1-13,16-17,27H,14-15,18-22H2. The van der Waals surface area contributed by atoms with Crippen LogP contribution in [0, 0.1) is 0 Å². The van der Waals surface area contributed by atoms with Gasteiger partial charge in [-0.15, -0.1) is 0 Å². The summed E-state index contributed by atoms with van der Waals surface area (Å²) in [4.78, 5) is 12.6. The summed E-state index contributed by atoms with van der Waals surface area (Å²) in [5, 5.41) is 1.22. The molecule has 166 valence electrons. The summed E-state index contributed by atoms with van der Waals surface area (Å²) in [5.74, 6) is 0. The maximum absolute atomic E-state index is 4.71. The summed E-state index contributed by atoms with van der Waals surface area (Å²) < 4.78 is 0. The van der Waals surface area contributed by atoms with E-state index in [1.54, 1.807) is 0 Å². The number of hydrogen-bond acceptors (Lipinski definition) is 4. The van der Waals surface area contributed by atoms with Gasteiger partial charge >= 0.3 is 0 Å². The molecule has 1 unspecified atom stereocenters. The molecule has 0 radical (unpaired) electrons. The maximum atomic E-state index is 4.71. The van der Waals surface area contributed by atoms with E-state index in [0.29, 0.717) is 6.04 Å². The Morgan fingerprint density at radius 3 is 2.42 bits per heavy atom. The molecule has 4 aromatic rings.